The number of rotatable bonds is 1. The maximum atomic E-state index is 12.1. The van der Waals surface area contributed by atoms with Crippen molar-refractivity contribution < 1.29 is 19.5 Å². The molecule has 0 radical (unpaired) electrons. The molecule has 1 N–H and O–H groups in total. The van der Waals surface area contributed by atoms with Crippen LogP contribution in [0.5, 0.6) is 0 Å². The average molecular weight is 291 g/mol. The van der Waals surface area contributed by atoms with E-state index < -0.39 is 24.0 Å². The summed E-state index contributed by atoms with van der Waals surface area (Å²) in [7, 11) is 0. The Kier molecular flexibility index (Phi) is 4.11. The van der Waals surface area contributed by atoms with Crippen LogP contribution < -0.4 is 0 Å². The predicted molar refractivity (Wildman–Crippen MR) is 73.0 cm³/mol. The summed E-state index contributed by atoms with van der Waals surface area (Å²) in [6.07, 6.45) is 1.39. The summed E-state index contributed by atoms with van der Waals surface area (Å²) >= 11 is 0. The first-order chi connectivity index (χ1) is 9.80. The molecule has 2 rings (SSSR count). The predicted octanol–water partition coefficient (Wildman–Crippen LogP) is 2.56. The Morgan fingerprint density at radius 1 is 1.57 bits per heavy atom. The van der Waals surface area contributed by atoms with Gasteiger partial charge in [-0.3, -0.25) is 4.98 Å². The number of carbonyl (C=O) groups excluding carboxylic acids is 1. The van der Waals surface area contributed by atoms with Crippen molar-refractivity contribution in [2.75, 3.05) is 0 Å². The lowest BCUT2D eigenvalue weighted by atomic mass is 10.1. The highest BCUT2D eigenvalue weighted by Gasteiger charge is 2.39. The molecule has 1 saturated heterocycles. The number of hydrogen-bond donors (Lipinski definition) is 1. The second kappa shape index (κ2) is 5.68. The van der Waals surface area contributed by atoms with Crippen molar-refractivity contribution in [2.45, 2.75) is 45.1 Å². The molecule has 1 unspecified atom stereocenters. The number of nitrogens with zero attached hydrogens (tertiary/aromatic N) is 3. The molecule has 7 nitrogen and oxygen atoms in total. The molecular formula is C14H17N3O4. The molecule has 21 heavy (non-hydrogen) atoms. The average Bonchev–Trinajstić information content (AvgIpc) is 2.79. The number of ether oxygens (including phenoxy) is 1. The summed E-state index contributed by atoms with van der Waals surface area (Å²) in [5.74, 6) is 0. The van der Waals surface area contributed by atoms with Gasteiger partial charge in [-0.15, -0.1) is 0 Å². The highest BCUT2D eigenvalue weighted by atomic mass is 16.8. The van der Waals surface area contributed by atoms with Gasteiger partial charge in [0.05, 0.1) is 12.6 Å². The maximum Gasteiger partial charge on any atom is 0.435 e. The van der Waals surface area contributed by atoms with E-state index in [1.54, 1.807) is 26.8 Å². The summed E-state index contributed by atoms with van der Waals surface area (Å²) in [6.45, 7) is 12.2. The first-order valence-corrected chi connectivity index (χ1v) is 6.49. The fraction of sp³-hybridized carbons (Fsp3) is 0.500. The van der Waals surface area contributed by atoms with Crippen LogP contribution in [-0.2, 0) is 9.57 Å². The molecule has 7 heteroatoms. The van der Waals surface area contributed by atoms with E-state index in [0.29, 0.717) is 11.3 Å². The number of aliphatic hydroxyl groups excluding tert-OH is 1. The molecule has 1 amide bonds. The summed E-state index contributed by atoms with van der Waals surface area (Å²) < 4.78 is 5.25. The number of pyridine rings is 1. The van der Waals surface area contributed by atoms with Crippen molar-refractivity contribution in [1.82, 2.24) is 10.0 Å². The van der Waals surface area contributed by atoms with Gasteiger partial charge >= 0.3 is 6.09 Å². The molecule has 2 heterocycles. The highest BCUT2D eigenvalue weighted by Crippen LogP contribution is 2.35. The monoisotopic (exact) mass is 291 g/mol. The standard InChI is InChI=1S/C14H17N3O4/c1-14(2,3)20-13(19)17-11(6-12(18)21-17)9-5-10(15-4)8-16-7-9/h5,7-8,11-12,18H,6H2,1-3H3/t11-,12?/m0/s1. The Bertz CT molecular complexity index is 576. The van der Waals surface area contributed by atoms with Crippen LogP contribution in [-0.4, -0.2) is 33.1 Å². The van der Waals surface area contributed by atoms with Crippen molar-refractivity contribution in [3.05, 3.63) is 35.4 Å². The smallest absolute Gasteiger partial charge is 0.435 e. The van der Waals surface area contributed by atoms with Crippen LogP contribution in [0.4, 0.5) is 10.5 Å². The minimum Gasteiger partial charge on any atom is -0.442 e. The van der Waals surface area contributed by atoms with Crippen molar-refractivity contribution in [1.29, 1.82) is 0 Å². The molecule has 1 aromatic heterocycles. The molecule has 0 spiro atoms. The van der Waals surface area contributed by atoms with Crippen LogP contribution in [0, 0.1) is 6.57 Å². The Balaban J connectivity index is 2.24. The van der Waals surface area contributed by atoms with Crippen LogP contribution >= 0.6 is 0 Å². The van der Waals surface area contributed by atoms with Gasteiger partial charge in [0.15, 0.2) is 6.29 Å². The van der Waals surface area contributed by atoms with Crippen molar-refractivity contribution in [2.24, 2.45) is 0 Å². The van der Waals surface area contributed by atoms with E-state index in [9.17, 15) is 9.90 Å². The van der Waals surface area contributed by atoms with E-state index in [-0.39, 0.29) is 6.42 Å². The second-order valence-corrected chi connectivity index (χ2v) is 5.71. The Hall–Kier alpha value is -2.17. The van der Waals surface area contributed by atoms with Crippen LogP contribution in [0.15, 0.2) is 18.5 Å². The van der Waals surface area contributed by atoms with Crippen LogP contribution in [0.1, 0.15) is 38.8 Å². The number of amides is 1. The third-order valence-corrected chi connectivity index (χ3v) is 2.78. The Morgan fingerprint density at radius 3 is 2.90 bits per heavy atom. The molecular weight excluding hydrogens is 274 g/mol. The third-order valence-electron chi connectivity index (χ3n) is 2.78. The summed E-state index contributed by atoms with van der Waals surface area (Å²) in [4.78, 5) is 24.5. The second-order valence-electron chi connectivity index (χ2n) is 5.71. The normalized spacial score (nSPS) is 22.0. The largest absolute Gasteiger partial charge is 0.442 e. The first-order valence-electron chi connectivity index (χ1n) is 6.49. The van der Waals surface area contributed by atoms with Crippen LogP contribution in [0.25, 0.3) is 4.85 Å². The number of hydroxylamine groups is 2. The lowest BCUT2D eigenvalue weighted by Gasteiger charge is -2.26. The van der Waals surface area contributed by atoms with Crippen molar-refractivity contribution in [3.63, 3.8) is 0 Å². The van der Waals surface area contributed by atoms with Gasteiger partial charge in [-0.05, 0) is 32.4 Å². The van der Waals surface area contributed by atoms with Gasteiger partial charge in [-0.1, -0.05) is 0 Å². The summed E-state index contributed by atoms with van der Waals surface area (Å²) in [6, 6.07) is 1.08. The van der Waals surface area contributed by atoms with Gasteiger partial charge in [-0.2, -0.15) is 5.06 Å². The van der Waals surface area contributed by atoms with E-state index in [4.69, 9.17) is 16.1 Å². The molecule has 1 aromatic rings. The van der Waals surface area contributed by atoms with Crippen molar-refractivity contribution in [3.8, 4) is 0 Å². The molecule has 1 aliphatic heterocycles. The SMILES string of the molecule is [C-]#[N+]c1cncc([C@@H]2CC(O)ON2C(=O)OC(C)(C)C)c1. The van der Waals surface area contributed by atoms with Gasteiger partial charge in [0.1, 0.15) is 5.60 Å². The maximum absolute atomic E-state index is 12.1. The molecule has 0 aliphatic carbocycles. The minimum absolute atomic E-state index is 0.197. The molecule has 0 bridgehead atoms. The zero-order chi connectivity index (χ0) is 15.6. The molecule has 0 aromatic carbocycles. The lowest BCUT2D eigenvalue weighted by Crippen LogP contribution is -2.36. The molecule has 112 valence electrons. The Labute approximate surface area is 122 Å². The van der Waals surface area contributed by atoms with Gasteiger partial charge in [0, 0.05) is 18.8 Å². The molecule has 0 saturated carbocycles. The van der Waals surface area contributed by atoms with E-state index in [2.05, 4.69) is 9.83 Å². The summed E-state index contributed by atoms with van der Waals surface area (Å²) in [5.41, 5.74) is 0.304. The van der Waals surface area contributed by atoms with E-state index in [0.717, 1.165) is 5.06 Å². The molecule has 1 fully saturated rings. The third kappa shape index (κ3) is 3.68. The highest BCUT2D eigenvalue weighted by molar-refractivity contribution is 5.68. The number of aliphatic hydroxyl groups is 1. The molecule has 1 aliphatic rings. The van der Waals surface area contributed by atoms with Gasteiger partial charge in [0.25, 0.3) is 0 Å². The fourth-order valence-corrected chi connectivity index (χ4v) is 1.97. The van der Waals surface area contributed by atoms with E-state index >= 15 is 0 Å². The lowest BCUT2D eigenvalue weighted by molar-refractivity contribution is -0.207. The minimum atomic E-state index is -1.10. The number of carbonyl (C=O) groups is 1. The van der Waals surface area contributed by atoms with E-state index in [1.807, 2.05) is 0 Å². The topological polar surface area (TPSA) is 76.3 Å². The zero-order valence-electron chi connectivity index (χ0n) is 12.1. The van der Waals surface area contributed by atoms with Gasteiger partial charge in [0.2, 0.25) is 5.69 Å². The van der Waals surface area contributed by atoms with Gasteiger partial charge < -0.3 is 9.84 Å². The van der Waals surface area contributed by atoms with Crippen LogP contribution in [0.3, 0.4) is 0 Å². The zero-order valence-corrected chi connectivity index (χ0v) is 12.1. The fourth-order valence-electron chi connectivity index (χ4n) is 1.97. The Morgan fingerprint density at radius 2 is 2.29 bits per heavy atom. The quantitative estimate of drug-likeness (QED) is 0.805. The molecule has 2 atom stereocenters. The first kappa shape index (κ1) is 15.2. The van der Waals surface area contributed by atoms with Crippen molar-refractivity contribution >= 4 is 11.8 Å². The van der Waals surface area contributed by atoms with Gasteiger partial charge in [-0.25, -0.2) is 14.5 Å². The summed E-state index contributed by atoms with van der Waals surface area (Å²) in [5, 5.41) is 10.7. The van der Waals surface area contributed by atoms with Crippen LogP contribution in [0.2, 0.25) is 0 Å². The number of hydrogen-bond acceptors (Lipinski definition) is 5. The number of aromatic nitrogens is 1. The van der Waals surface area contributed by atoms with E-state index in [1.165, 1.54) is 12.4 Å².